The molecule has 2 atom stereocenters. The number of hydrogen-bond acceptors (Lipinski definition) is 5. The van der Waals surface area contributed by atoms with Crippen LogP contribution in [-0.4, -0.2) is 47.4 Å². The Morgan fingerprint density at radius 2 is 0.490 bits per heavy atom. The first-order chi connectivity index (χ1) is 47.5. The fourth-order valence-corrected chi connectivity index (χ4v) is 14.5. The van der Waals surface area contributed by atoms with E-state index in [9.17, 15) is 19.8 Å². The fourth-order valence-electron chi connectivity index (χ4n) is 14.5. The lowest BCUT2D eigenvalue weighted by molar-refractivity contribution is -0.143. The van der Waals surface area contributed by atoms with Gasteiger partial charge >= 0.3 is 5.97 Å². The summed E-state index contributed by atoms with van der Waals surface area (Å²) < 4.78 is 5.51. The molecule has 96 heavy (non-hydrogen) atoms. The molecule has 0 aromatic carbocycles. The predicted molar refractivity (Wildman–Crippen MR) is 426 cm³/mol. The van der Waals surface area contributed by atoms with E-state index < -0.39 is 12.1 Å². The van der Waals surface area contributed by atoms with Gasteiger partial charge in [-0.15, -0.1) is 0 Å². The van der Waals surface area contributed by atoms with Gasteiger partial charge in [-0.3, -0.25) is 9.59 Å². The summed E-state index contributed by atoms with van der Waals surface area (Å²) in [7, 11) is 0. The van der Waals surface area contributed by atoms with E-state index in [2.05, 4.69) is 31.3 Å². The Bertz CT molecular complexity index is 1510. The first-order valence-electron chi connectivity index (χ1n) is 44.6. The van der Waals surface area contributed by atoms with Gasteiger partial charge in [-0.2, -0.15) is 0 Å². The second-order valence-corrected chi connectivity index (χ2v) is 30.9. The molecule has 0 saturated heterocycles. The molecule has 0 rings (SSSR count). The maximum atomic E-state index is 12.6. The van der Waals surface area contributed by atoms with Crippen LogP contribution in [0.3, 0.4) is 0 Å². The molecule has 0 spiro atoms. The molecule has 570 valence electrons. The third kappa shape index (κ3) is 81.3. The van der Waals surface area contributed by atoms with E-state index in [1.54, 1.807) is 6.08 Å². The molecular formula is C90H175NO5. The molecular weight excluding hydrogens is 1170 g/mol. The number of amides is 1. The summed E-state index contributed by atoms with van der Waals surface area (Å²) in [6.45, 7) is 4.97. The summed E-state index contributed by atoms with van der Waals surface area (Å²) in [6, 6.07) is -0.626. The van der Waals surface area contributed by atoms with Crippen molar-refractivity contribution in [2.75, 3.05) is 13.2 Å². The maximum absolute atomic E-state index is 12.6. The van der Waals surface area contributed by atoms with Gasteiger partial charge in [-0.1, -0.05) is 468 Å². The highest BCUT2D eigenvalue weighted by Gasteiger charge is 2.18. The number of rotatable bonds is 85. The van der Waals surface area contributed by atoms with Crippen LogP contribution in [0, 0.1) is 0 Å². The van der Waals surface area contributed by atoms with Crippen LogP contribution in [0.25, 0.3) is 0 Å². The van der Waals surface area contributed by atoms with Gasteiger partial charge in [0.25, 0.3) is 0 Å². The van der Waals surface area contributed by atoms with Gasteiger partial charge in [0.15, 0.2) is 0 Å². The Balaban J connectivity index is 3.34. The first kappa shape index (κ1) is 94.3. The van der Waals surface area contributed by atoms with Crippen LogP contribution in [0.1, 0.15) is 515 Å². The number of esters is 1. The normalized spacial score (nSPS) is 12.5. The van der Waals surface area contributed by atoms with Crippen LogP contribution < -0.4 is 5.32 Å². The van der Waals surface area contributed by atoms with Gasteiger partial charge in [-0.05, 0) is 57.8 Å². The van der Waals surface area contributed by atoms with Crippen LogP contribution >= 0.6 is 0 Å². The van der Waals surface area contributed by atoms with Crippen LogP contribution in [0.15, 0.2) is 24.3 Å². The molecule has 6 nitrogen and oxygen atoms in total. The molecule has 0 heterocycles. The number of nitrogens with one attached hydrogen (secondary N) is 1. The minimum atomic E-state index is -0.843. The molecule has 0 fully saturated rings. The van der Waals surface area contributed by atoms with E-state index in [1.807, 2.05) is 6.08 Å². The van der Waals surface area contributed by atoms with Crippen LogP contribution in [0.5, 0.6) is 0 Å². The molecule has 0 aliphatic rings. The van der Waals surface area contributed by atoms with E-state index in [0.717, 1.165) is 38.5 Å². The zero-order chi connectivity index (χ0) is 69.1. The summed E-state index contributed by atoms with van der Waals surface area (Å²) in [4.78, 5) is 24.7. The Hall–Kier alpha value is -1.66. The highest BCUT2D eigenvalue weighted by Crippen LogP contribution is 2.21. The highest BCUT2D eigenvalue weighted by atomic mass is 16.5. The van der Waals surface area contributed by atoms with Crippen molar-refractivity contribution in [3.8, 4) is 0 Å². The van der Waals surface area contributed by atoms with Gasteiger partial charge in [0.05, 0.1) is 25.4 Å². The highest BCUT2D eigenvalue weighted by molar-refractivity contribution is 5.76. The molecule has 0 saturated carbocycles. The quantitative estimate of drug-likeness (QED) is 0.0320. The zero-order valence-corrected chi connectivity index (χ0v) is 65.7. The van der Waals surface area contributed by atoms with Gasteiger partial charge in [0.2, 0.25) is 5.91 Å². The van der Waals surface area contributed by atoms with Crippen molar-refractivity contribution in [3.63, 3.8) is 0 Å². The number of aliphatic hydroxyl groups is 2. The van der Waals surface area contributed by atoms with Crippen molar-refractivity contribution in [3.05, 3.63) is 24.3 Å². The SMILES string of the molecule is CCCCCCCCCCCCCCCCCCCCCCCCC/C=C/C(O)C(CO)NC(=O)CCCCCCCCCCCCCCCCCCC/C=C\CCCCCCCCCCCCCCCCCCCCOC(=O)CCCCCCCCCCCCCCCCC. The summed E-state index contributed by atoms with van der Waals surface area (Å²) in [5.41, 5.74) is 0. The number of ether oxygens (including phenoxy) is 1. The Kier molecular flexibility index (Phi) is 84.3. The minimum absolute atomic E-state index is 0.0264. The van der Waals surface area contributed by atoms with Gasteiger partial charge in [-0.25, -0.2) is 0 Å². The summed E-state index contributed by atoms with van der Waals surface area (Å²) in [6.07, 6.45) is 112. The van der Waals surface area contributed by atoms with Crippen LogP contribution in [-0.2, 0) is 14.3 Å². The molecule has 3 N–H and O–H groups in total. The molecule has 0 aromatic heterocycles. The molecule has 2 unspecified atom stereocenters. The van der Waals surface area contributed by atoms with Crippen molar-refractivity contribution in [2.45, 2.75) is 527 Å². The second-order valence-electron chi connectivity index (χ2n) is 30.9. The van der Waals surface area contributed by atoms with Gasteiger partial charge < -0.3 is 20.3 Å². The number of allylic oxidation sites excluding steroid dienone is 3. The average Bonchev–Trinajstić information content (AvgIpc) is 2.67. The number of carbonyl (C=O) groups excluding carboxylic acids is 2. The van der Waals surface area contributed by atoms with E-state index in [0.29, 0.717) is 19.4 Å². The van der Waals surface area contributed by atoms with Crippen molar-refractivity contribution < 1.29 is 24.5 Å². The minimum Gasteiger partial charge on any atom is -0.466 e. The number of aliphatic hydroxyl groups excluding tert-OH is 2. The number of carbonyl (C=O) groups is 2. The Morgan fingerprint density at radius 3 is 0.740 bits per heavy atom. The van der Waals surface area contributed by atoms with E-state index >= 15 is 0 Å². The van der Waals surface area contributed by atoms with Crippen molar-refractivity contribution >= 4 is 11.9 Å². The standard InChI is InChI=1S/C90H175NO5/c1-3-5-7-9-11-13-15-17-19-20-21-22-23-39-42-45-48-51-55-58-62-66-70-74-78-82-88(93)87(86-92)91-89(94)83-79-75-71-67-63-59-56-52-49-46-43-40-37-35-33-31-29-27-25-24-26-28-30-32-34-36-38-41-44-47-50-53-57-61-65-69-73-77-81-85-96-90(95)84-80-76-72-68-64-60-54-18-16-14-12-10-8-6-4-2/h24-25,78,82,87-88,92-93H,3-23,26-77,79-81,83-86H2,1-2H3,(H,91,94)/b25-24-,82-78+. The van der Waals surface area contributed by atoms with Crippen LogP contribution in [0.2, 0.25) is 0 Å². The largest absolute Gasteiger partial charge is 0.466 e. The molecule has 1 amide bonds. The van der Waals surface area contributed by atoms with E-state index in [1.165, 1.54) is 449 Å². The zero-order valence-electron chi connectivity index (χ0n) is 65.7. The van der Waals surface area contributed by atoms with Gasteiger partial charge in [0, 0.05) is 12.8 Å². The first-order valence-corrected chi connectivity index (χ1v) is 44.6. The monoisotopic (exact) mass is 1350 g/mol. The maximum Gasteiger partial charge on any atom is 0.305 e. The van der Waals surface area contributed by atoms with Crippen molar-refractivity contribution in [1.82, 2.24) is 5.32 Å². The number of hydrogen-bond donors (Lipinski definition) is 3. The van der Waals surface area contributed by atoms with Crippen molar-refractivity contribution in [2.24, 2.45) is 0 Å². The predicted octanol–water partition coefficient (Wildman–Crippen LogP) is 29.9. The third-order valence-electron chi connectivity index (χ3n) is 21.2. The lowest BCUT2D eigenvalue weighted by Gasteiger charge is -2.20. The molecule has 0 aliphatic carbocycles. The van der Waals surface area contributed by atoms with E-state index in [4.69, 9.17) is 4.74 Å². The summed E-state index contributed by atoms with van der Waals surface area (Å²) in [5, 5.41) is 23.4. The Morgan fingerprint density at radius 1 is 0.281 bits per heavy atom. The Labute approximate surface area is 602 Å². The molecule has 0 aliphatic heterocycles. The molecule has 6 heteroatoms. The third-order valence-corrected chi connectivity index (χ3v) is 21.2. The van der Waals surface area contributed by atoms with Gasteiger partial charge in [0.1, 0.15) is 0 Å². The molecule has 0 radical (unpaired) electrons. The summed E-state index contributed by atoms with van der Waals surface area (Å²) >= 11 is 0. The lowest BCUT2D eigenvalue weighted by Crippen LogP contribution is -2.45. The molecule has 0 bridgehead atoms. The average molecular weight is 1350 g/mol. The van der Waals surface area contributed by atoms with Crippen LogP contribution in [0.4, 0.5) is 0 Å². The second kappa shape index (κ2) is 85.8. The molecule has 0 aromatic rings. The number of unbranched alkanes of at least 4 members (excludes halogenated alkanes) is 72. The van der Waals surface area contributed by atoms with Crippen molar-refractivity contribution in [1.29, 1.82) is 0 Å². The fraction of sp³-hybridized carbons (Fsp3) is 0.933. The van der Waals surface area contributed by atoms with E-state index in [-0.39, 0.29) is 18.5 Å². The lowest BCUT2D eigenvalue weighted by atomic mass is 10.0. The summed E-state index contributed by atoms with van der Waals surface area (Å²) in [5.74, 6) is -0.0311. The smallest absolute Gasteiger partial charge is 0.305 e. The topological polar surface area (TPSA) is 95.9 Å².